The number of methoxy groups -OCH3 is 1. The Morgan fingerprint density at radius 2 is 1.34 bits per heavy atom. The number of halogens is 4. The second-order valence-electron chi connectivity index (χ2n) is 8.62. The van der Waals surface area contributed by atoms with Crippen LogP contribution in [0.5, 0.6) is 0 Å². The normalized spacial score (nSPS) is 13.1. The smallest absolute Gasteiger partial charge is 0.197 e. The third kappa shape index (κ3) is 8.65. The van der Waals surface area contributed by atoms with Gasteiger partial charge < -0.3 is 4.74 Å². The molecule has 0 N–H and O–H groups in total. The molecule has 0 radical (unpaired) electrons. The summed E-state index contributed by atoms with van der Waals surface area (Å²) in [5.41, 5.74) is -0.291. The molecule has 1 aromatic rings. The van der Waals surface area contributed by atoms with Gasteiger partial charge in [0.05, 0.1) is 5.60 Å². The van der Waals surface area contributed by atoms with Gasteiger partial charge in [0.2, 0.25) is 0 Å². The van der Waals surface area contributed by atoms with Gasteiger partial charge in [-0.2, -0.15) is 0 Å². The van der Waals surface area contributed by atoms with Crippen LogP contribution in [0.25, 0.3) is 0 Å². The van der Waals surface area contributed by atoms with E-state index in [1.165, 1.54) is 38.5 Å². The number of hydrogen-bond donors (Lipinski definition) is 0. The van der Waals surface area contributed by atoms with Crippen LogP contribution >= 0.6 is 0 Å². The minimum atomic E-state index is -1.74. The van der Waals surface area contributed by atoms with E-state index in [0.29, 0.717) is 12.3 Å². The fourth-order valence-electron chi connectivity index (χ4n) is 3.86. The lowest BCUT2D eigenvalue weighted by atomic mass is 9.82. The maximum atomic E-state index is 13.7. The minimum absolute atomic E-state index is 0.0951. The Bertz CT molecular complexity index is 601. The van der Waals surface area contributed by atoms with Gasteiger partial charge in [0.1, 0.15) is 0 Å². The van der Waals surface area contributed by atoms with Crippen LogP contribution in [0.15, 0.2) is 6.07 Å². The lowest BCUT2D eigenvalue weighted by Crippen LogP contribution is -2.33. The summed E-state index contributed by atoms with van der Waals surface area (Å²) < 4.78 is 59.1. The first-order chi connectivity index (χ1) is 13.7. The average molecular weight is 419 g/mol. The maximum absolute atomic E-state index is 13.7. The van der Waals surface area contributed by atoms with E-state index in [9.17, 15) is 17.6 Å². The second-order valence-corrected chi connectivity index (χ2v) is 8.62. The van der Waals surface area contributed by atoms with Crippen LogP contribution in [0.3, 0.4) is 0 Å². The van der Waals surface area contributed by atoms with Crippen molar-refractivity contribution in [3.8, 4) is 0 Å². The number of unbranched alkanes of at least 4 members (excludes halogenated alkanes) is 7. The van der Waals surface area contributed by atoms with Gasteiger partial charge in [0.25, 0.3) is 0 Å². The standard InChI is InChI=1S/C24H38F4O/c1-5-6-7-8-9-12-15-19(24(2,3)29-4)16-13-10-11-14-18-17-20(25)22(27)23(28)21(18)26/h17,19H,5-16H2,1-4H3. The van der Waals surface area contributed by atoms with Crippen LogP contribution in [0.2, 0.25) is 0 Å². The van der Waals surface area contributed by atoms with E-state index in [2.05, 4.69) is 20.8 Å². The van der Waals surface area contributed by atoms with Crippen molar-refractivity contribution in [2.45, 2.75) is 103 Å². The van der Waals surface area contributed by atoms with E-state index in [1.807, 2.05) is 0 Å². The Labute approximate surface area is 174 Å². The molecule has 1 nitrogen and oxygen atoms in total. The van der Waals surface area contributed by atoms with Gasteiger partial charge in [-0.15, -0.1) is 0 Å². The predicted octanol–water partition coefficient (Wildman–Crippen LogP) is 8.14. The molecule has 0 heterocycles. The van der Waals surface area contributed by atoms with Crippen molar-refractivity contribution in [2.75, 3.05) is 7.11 Å². The van der Waals surface area contributed by atoms with Crippen molar-refractivity contribution in [1.82, 2.24) is 0 Å². The zero-order chi connectivity index (χ0) is 21.9. The van der Waals surface area contributed by atoms with E-state index < -0.39 is 23.3 Å². The highest BCUT2D eigenvalue weighted by Crippen LogP contribution is 2.31. The average Bonchev–Trinajstić information content (AvgIpc) is 2.70. The molecule has 0 saturated heterocycles. The summed E-state index contributed by atoms with van der Waals surface area (Å²) in [6.45, 7) is 6.46. The summed E-state index contributed by atoms with van der Waals surface area (Å²) in [4.78, 5) is 0. The van der Waals surface area contributed by atoms with Crippen LogP contribution in [-0.2, 0) is 11.2 Å². The molecule has 1 unspecified atom stereocenters. The van der Waals surface area contributed by atoms with Gasteiger partial charge in [-0.25, -0.2) is 17.6 Å². The maximum Gasteiger partial charge on any atom is 0.197 e. The number of rotatable bonds is 15. The highest BCUT2D eigenvalue weighted by Gasteiger charge is 2.28. The number of ether oxygens (including phenoxy) is 1. The van der Waals surface area contributed by atoms with E-state index in [-0.39, 0.29) is 17.6 Å². The molecular weight excluding hydrogens is 380 g/mol. The third-order valence-corrected chi connectivity index (χ3v) is 6.09. The molecule has 1 aromatic carbocycles. The number of hydrogen-bond acceptors (Lipinski definition) is 1. The lowest BCUT2D eigenvalue weighted by molar-refractivity contribution is -0.0352. The van der Waals surface area contributed by atoms with Crippen LogP contribution < -0.4 is 0 Å². The molecule has 0 amide bonds. The lowest BCUT2D eigenvalue weighted by Gasteiger charge is -2.33. The van der Waals surface area contributed by atoms with Crippen molar-refractivity contribution in [3.63, 3.8) is 0 Å². The summed E-state index contributed by atoms with van der Waals surface area (Å²) in [6.07, 6.45) is 12.3. The second kappa shape index (κ2) is 13.3. The Morgan fingerprint density at radius 1 is 0.793 bits per heavy atom. The van der Waals surface area contributed by atoms with Gasteiger partial charge in [-0.05, 0) is 57.1 Å². The fourth-order valence-corrected chi connectivity index (χ4v) is 3.86. The Kier molecular flexibility index (Phi) is 11.9. The van der Waals surface area contributed by atoms with Crippen molar-refractivity contribution < 1.29 is 22.3 Å². The van der Waals surface area contributed by atoms with Crippen molar-refractivity contribution >= 4 is 0 Å². The Balaban J connectivity index is 2.42. The quantitative estimate of drug-likeness (QED) is 0.121. The minimum Gasteiger partial charge on any atom is -0.379 e. The third-order valence-electron chi connectivity index (χ3n) is 6.09. The SMILES string of the molecule is CCCCCCCCC(CCCCCc1cc(F)c(F)c(F)c1F)C(C)(C)OC. The largest absolute Gasteiger partial charge is 0.379 e. The van der Waals surface area contributed by atoms with Gasteiger partial charge >= 0.3 is 0 Å². The van der Waals surface area contributed by atoms with Crippen molar-refractivity contribution in [2.24, 2.45) is 5.92 Å². The molecule has 0 fully saturated rings. The highest BCUT2D eigenvalue weighted by molar-refractivity contribution is 5.21. The Morgan fingerprint density at radius 3 is 1.93 bits per heavy atom. The molecule has 0 spiro atoms. The molecule has 5 heteroatoms. The van der Waals surface area contributed by atoms with E-state index in [4.69, 9.17) is 4.74 Å². The van der Waals surface area contributed by atoms with Gasteiger partial charge in [-0.3, -0.25) is 0 Å². The molecule has 0 saturated carbocycles. The Hall–Kier alpha value is -1.10. The summed E-state index contributed by atoms with van der Waals surface area (Å²) in [7, 11) is 1.74. The van der Waals surface area contributed by atoms with Crippen LogP contribution in [0, 0.1) is 29.2 Å². The first kappa shape index (κ1) is 25.9. The van der Waals surface area contributed by atoms with E-state index >= 15 is 0 Å². The first-order valence-electron chi connectivity index (χ1n) is 11.1. The predicted molar refractivity (Wildman–Crippen MR) is 111 cm³/mol. The topological polar surface area (TPSA) is 9.23 Å². The molecule has 1 atom stereocenters. The first-order valence-corrected chi connectivity index (χ1v) is 11.1. The summed E-state index contributed by atoms with van der Waals surface area (Å²) in [6, 6.07) is 0.767. The van der Waals surface area contributed by atoms with Crippen molar-refractivity contribution in [1.29, 1.82) is 0 Å². The molecule has 0 bridgehead atoms. The van der Waals surface area contributed by atoms with Crippen molar-refractivity contribution in [3.05, 3.63) is 34.9 Å². The number of benzene rings is 1. The molecule has 0 aliphatic carbocycles. The molecule has 29 heavy (non-hydrogen) atoms. The molecule has 1 rings (SSSR count). The van der Waals surface area contributed by atoms with Crippen LogP contribution in [-0.4, -0.2) is 12.7 Å². The van der Waals surface area contributed by atoms with E-state index in [0.717, 1.165) is 31.7 Å². The molecule has 0 aliphatic rings. The van der Waals surface area contributed by atoms with Crippen LogP contribution in [0.1, 0.15) is 97.0 Å². The zero-order valence-corrected chi connectivity index (χ0v) is 18.6. The monoisotopic (exact) mass is 418 g/mol. The van der Waals surface area contributed by atoms with Crippen LogP contribution in [0.4, 0.5) is 17.6 Å². The molecular formula is C24H38F4O. The highest BCUT2D eigenvalue weighted by atomic mass is 19.2. The van der Waals surface area contributed by atoms with Gasteiger partial charge in [-0.1, -0.05) is 58.3 Å². The molecule has 168 valence electrons. The van der Waals surface area contributed by atoms with Gasteiger partial charge in [0, 0.05) is 7.11 Å². The molecule has 0 aromatic heterocycles. The summed E-state index contributed by atoms with van der Waals surface area (Å²) in [5.74, 6) is -5.63. The number of aryl methyl sites for hydroxylation is 1. The van der Waals surface area contributed by atoms with E-state index in [1.54, 1.807) is 7.11 Å². The summed E-state index contributed by atoms with van der Waals surface area (Å²) >= 11 is 0. The molecule has 0 aliphatic heterocycles. The van der Waals surface area contributed by atoms with Gasteiger partial charge in [0.15, 0.2) is 23.3 Å². The fraction of sp³-hybridized carbons (Fsp3) is 0.750. The summed E-state index contributed by atoms with van der Waals surface area (Å²) in [5, 5.41) is 0. The zero-order valence-electron chi connectivity index (χ0n) is 18.6.